The average Bonchev–Trinajstić information content (AvgIpc) is 2.63. The molecule has 0 spiro atoms. The Morgan fingerprint density at radius 1 is 1.30 bits per heavy atom. The van der Waals surface area contributed by atoms with Crippen LogP contribution in [0.3, 0.4) is 0 Å². The van der Waals surface area contributed by atoms with Gasteiger partial charge in [-0.05, 0) is 31.2 Å². The lowest BCUT2D eigenvalue weighted by Gasteiger charge is -2.32. The summed E-state index contributed by atoms with van der Waals surface area (Å²) in [6.07, 6.45) is -1.23. The van der Waals surface area contributed by atoms with Crippen molar-refractivity contribution in [2.24, 2.45) is 0 Å². The molecule has 1 aromatic carbocycles. The van der Waals surface area contributed by atoms with Crippen molar-refractivity contribution in [1.29, 1.82) is 0 Å². The van der Waals surface area contributed by atoms with Gasteiger partial charge in [0.15, 0.2) is 5.82 Å². The number of halogens is 3. The summed E-state index contributed by atoms with van der Waals surface area (Å²) in [4.78, 5) is 18.8. The van der Waals surface area contributed by atoms with E-state index in [-0.39, 0.29) is 24.8 Å². The van der Waals surface area contributed by atoms with E-state index in [0.717, 1.165) is 18.7 Å². The van der Waals surface area contributed by atoms with E-state index in [2.05, 4.69) is 10.3 Å². The third kappa shape index (κ3) is 4.79. The van der Waals surface area contributed by atoms with Crippen LogP contribution in [0.1, 0.15) is 12.5 Å². The monoisotopic (exact) mass is 382 g/mol. The molecule has 6 nitrogen and oxygen atoms in total. The molecule has 1 unspecified atom stereocenters. The Kier molecular flexibility index (Phi) is 5.69. The molecule has 3 rings (SSSR count). The predicted octanol–water partition coefficient (Wildman–Crippen LogP) is 2.14. The Hall–Kier alpha value is -2.55. The van der Waals surface area contributed by atoms with E-state index >= 15 is 0 Å². The fourth-order valence-corrected chi connectivity index (χ4v) is 2.96. The maximum Gasteiger partial charge on any atom is 0.416 e. The van der Waals surface area contributed by atoms with Crippen molar-refractivity contribution >= 4 is 5.82 Å². The van der Waals surface area contributed by atoms with E-state index in [1.165, 1.54) is 16.7 Å². The number of rotatable bonds is 5. The minimum atomic E-state index is -4.37. The number of alkyl halides is 3. The number of ether oxygens (including phenoxy) is 1. The molecule has 1 N–H and O–H groups in total. The lowest BCUT2D eigenvalue weighted by atomic mass is 10.2. The van der Waals surface area contributed by atoms with Crippen molar-refractivity contribution < 1.29 is 17.9 Å². The van der Waals surface area contributed by atoms with E-state index in [1.807, 2.05) is 11.8 Å². The Bertz CT molecular complexity index is 821. The highest BCUT2D eigenvalue weighted by Gasteiger charge is 2.30. The van der Waals surface area contributed by atoms with Crippen LogP contribution in [-0.2, 0) is 12.7 Å². The highest BCUT2D eigenvalue weighted by molar-refractivity contribution is 5.36. The van der Waals surface area contributed by atoms with Crippen molar-refractivity contribution in [2.75, 3.05) is 31.1 Å². The second-order valence-electron chi connectivity index (χ2n) is 6.42. The van der Waals surface area contributed by atoms with E-state index in [4.69, 9.17) is 4.74 Å². The van der Waals surface area contributed by atoms with E-state index in [0.29, 0.717) is 24.7 Å². The van der Waals surface area contributed by atoms with Gasteiger partial charge >= 0.3 is 6.18 Å². The molecule has 9 heteroatoms. The average molecular weight is 382 g/mol. The Labute approximate surface area is 154 Å². The molecule has 0 bridgehead atoms. The summed E-state index contributed by atoms with van der Waals surface area (Å²) in [7, 11) is 0. The van der Waals surface area contributed by atoms with Crippen molar-refractivity contribution in [1.82, 2.24) is 14.9 Å². The molecule has 1 atom stereocenters. The number of hydrogen-bond donors (Lipinski definition) is 1. The first-order chi connectivity index (χ1) is 12.8. The molecule has 1 aliphatic rings. The van der Waals surface area contributed by atoms with Gasteiger partial charge in [-0.2, -0.15) is 13.2 Å². The summed E-state index contributed by atoms with van der Waals surface area (Å²) in [6.45, 7) is 4.68. The normalized spacial score (nSPS) is 17.8. The first kappa shape index (κ1) is 19.2. The van der Waals surface area contributed by atoms with E-state index in [1.54, 1.807) is 12.4 Å². The number of benzene rings is 1. The van der Waals surface area contributed by atoms with Crippen LogP contribution < -0.4 is 20.5 Å². The number of aromatic nitrogens is 2. The molecule has 0 radical (unpaired) electrons. The van der Waals surface area contributed by atoms with Gasteiger partial charge in [-0.15, -0.1) is 0 Å². The molecular weight excluding hydrogens is 361 g/mol. The number of hydrogen-bond acceptors (Lipinski definition) is 5. The fraction of sp³-hybridized carbons (Fsp3) is 0.444. The van der Waals surface area contributed by atoms with Crippen LogP contribution in [0, 0.1) is 0 Å². The summed E-state index contributed by atoms with van der Waals surface area (Å²) in [5.74, 6) is 0.724. The third-order valence-corrected chi connectivity index (χ3v) is 4.35. The van der Waals surface area contributed by atoms with Gasteiger partial charge in [-0.1, -0.05) is 0 Å². The zero-order valence-electron chi connectivity index (χ0n) is 14.9. The Morgan fingerprint density at radius 2 is 2.04 bits per heavy atom. The summed E-state index contributed by atoms with van der Waals surface area (Å²) < 4.78 is 44.6. The molecule has 0 saturated carbocycles. The Balaban J connectivity index is 1.61. The summed E-state index contributed by atoms with van der Waals surface area (Å²) in [6, 6.07) is 4.75. The first-order valence-electron chi connectivity index (χ1n) is 8.68. The van der Waals surface area contributed by atoms with Crippen LogP contribution in [0.2, 0.25) is 0 Å². The van der Waals surface area contributed by atoms with Crippen LogP contribution >= 0.6 is 0 Å². The largest absolute Gasteiger partial charge is 0.492 e. The third-order valence-electron chi connectivity index (χ3n) is 4.35. The van der Waals surface area contributed by atoms with Gasteiger partial charge in [0.05, 0.1) is 12.1 Å². The van der Waals surface area contributed by atoms with Crippen LogP contribution in [0.15, 0.2) is 41.5 Å². The molecule has 1 fully saturated rings. The lowest BCUT2D eigenvalue weighted by molar-refractivity contribution is -0.137. The maximum absolute atomic E-state index is 12.6. The van der Waals surface area contributed by atoms with E-state index < -0.39 is 11.7 Å². The number of nitrogens with zero attached hydrogens (tertiary/aromatic N) is 3. The summed E-state index contributed by atoms with van der Waals surface area (Å²) in [5, 5.41) is 3.31. The van der Waals surface area contributed by atoms with Crippen molar-refractivity contribution in [2.45, 2.75) is 25.7 Å². The molecule has 27 heavy (non-hydrogen) atoms. The fourth-order valence-electron chi connectivity index (χ4n) is 2.96. The van der Waals surface area contributed by atoms with Gasteiger partial charge in [0.2, 0.25) is 0 Å². The summed E-state index contributed by atoms with van der Waals surface area (Å²) in [5.41, 5.74) is -0.933. The molecule has 2 aromatic rings. The van der Waals surface area contributed by atoms with Gasteiger partial charge < -0.3 is 19.5 Å². The lowest BCUT2D eigenvalue weighted by Crippen LogP contribution is -2.51. The first-order valence-corrected chi connectivity index (χ1v) is 8.68. The number of piperazine rings is 1. The SMILES string of the molecule is CC1CN(c2nccn(CCOc3ccc(C(F)(F)F)cc3)c2=O)CCN1. The Morgan fingerprint density at radius 3 is 2.70 bits per heavy atom. The zero-order valence-corrected chi connectivity index (χ0v) is 14.9. The second-order valence-corrected chi connectivity index (χ2v) is 6.42. The number of nitrogens with one attached hydrogen (secondary N) is 1. The van der Waals surface area contributed by atoms with E-state index in [9.17, 15) is 18.0 Å². The van der Waals surface area contributed by atoms with Crippen LogP contribution in [0.25, 0.3) is 0 Å². The minimum absolute atomic E-state index is 0.159. The molecule has 2 heterocycles. The standard InChI is InChI=1S/C18H21F3N4O2/c1-13-12-25(9-6-22-13)16-17(26)24(8-7-23-16)10-11-27-15-4-2-14(3-5-15)18(19,20)21/h2-5,7-8,13,22H,6,9-12H2,1H3. The highest BCUT2D eigenvalue weighted by Crippen LogP contribution is 2.30. The molecule has 1 saturated heterocycles. The van der Waals surface area contributed by atoms with Crippen LogP contribution in [-0.4, -0.2) is 41.8 Å². The van der Waals surface area contributed by atoms with Crippen molar-refractivity contribution in [3.63, 3.8) is 0 Å². The van der Waals surface area contributed by atoms with Gasteiger partial charge in [0.25, 0.3) is 5.56 Å². The smallest absolute Gasteiger partial charge is 0.416 e. The van der Waals surface area contributed by atoms with Gasteiger partial charge in [0, 0.05) is 38.1 Å². The topological polar surface area (TPSA) is 59.4 Å². The van der Waals surface area contributed by atoms with Crippen molar-refractivity contribution in [3.05, 3.63) is 52.6 Å². The van der Waals surface area contributed by atoms with Crippen LogP contribution in [0.5, 0.6) is 5.75 Å². The van der Waals surface area contributed by atoms with Crippen molar-refractivity contribution in [3.8, 4) is 5.75 Å². The predicted molar refractivity (Wildman–Crippen MR) is 95.1 cm³/mol. The molecule has 146 valence electrons. The molecule has 1 aromatic heterocycles. The zero-order chi connectivity index (χ0) is 19.4. The molecule has 0 aliphatic carbocycles. The van der Waals surface area contributed by atoms with Crippen LogP contribution in [0.4, 0.5) is 19.0 Å². The quantitative estimate of drug-likeness (QED) is 0.859. The molecular formula is C18H21F3N4O2. The van der Waals surface area contributed by atoms with Gasteiger partial charge in [0.1, 0.15) is 12.4 Å². The minimum Gasteiger partial charge on any atom is -0.492 e. The number of anilines is 1. The van der Waals surface area contributed by atoms with Gasteiger partial charge in [-0.25, -0.2) is 4.98 Å². The summed E-state index contributed by atoms with van der Waals surface area (Å²) >= 11 is 0. The molecule has 0 amide bonds. The maximum atomic E-state index is 12.6. The highest BCUT2D eigenvalue weighted by atomic mass is 19.4. The van der Waals surface area contributed by atoms with Gasteiger partial charge in [-0.3, -0.25) is 4.79 Å². The second kappa shape index (κ2) is 7.99. The molecule has 1 aliphatic heterocycles.